The van der Waals surface area contributed by atoms with Gasteiger partial charge in [-0.1, -0.05) is 12.1 Å². The maximum atomic E-state index is 12.1. The van der Waals surface area contributed by atoms with Crippen LogP contribution in [-0.4, -0.2) is 40.5 Å². The van der Waals surface area contributed by atoms with Crippen LogP contribution in [0.25, 0.3) is 5.69 Å². The summed E-state index contributed by atoms with van der Waals surface area (Å²) >= 11 is 0. The molecule has 2 rings (SSSR count). The number of guanidine groups is 1. The van der Waals surface area contributed by atoms with Crippen LogP contribution in [0.15, 0.2) is 41.9 Å². The van der Waals surface area contributed by atoms with Gasteiger partial charge in [-0.3, -0.25) is 4.99 Å². The predicted molar refractivity (Wildman–Crippen MR) is 80.2 cm³/mol. The Bertz CT molecular complexity index is 619. The van der Waals surface area contributed by atoms with Gasteiger partial charge in [0.1, 0.15) is 12.7 Å². The van der Waals surface area contributed by atoms with E-state index in [-0.39, 0.29) is 6.54 Å². The van der Waals surface area contributed by atoms with E-state index in [1.807, 2.05) is 24.3 Å². The maximum Gasteiger partial charge on any atom is 0.390 e. The summed E-state index contributed by atoms with van der Waals surface area (Å²) in [5.74, 6) is 0.328. The fraction of sp³-hybridized carbons (Fsp3) is 0.357. The highest BCUT2D eigenvalue weighted by Gasteiger charge is 2.26. The van der Waals surface area contributed by atoms with Gasteiger partial charge in [-0.15, -0.1) is 0 Å². The van der Waals surface area contributed by atoms with Crippen LogP contribution in [0.5, 0.6) is 0 Å². The lowest BCUT2D eigenvalue weighted by Gasteiger charge is -2.13. The molecule has 1 aromatic heterocycles. The van der Waals surface area contributed by atoms with Crippen molar-refractivity contribution in [2.75, 3.05) is 13.6 Å². The summed E-state index contributed by atoms with van der Waals surface area (Å²) in [7, 11) is 1.51. The number of hydrogen-bond acceptors (Lipinski definition) is 3. The molecule has 0 amide bonds. The summed E-state index contributed by atoms with van der Waals surface area (Å²) in [6, 6.07) is 7.55. The van der Waals surface area contributed by atoms with E-state index < -0.39 is 12.6 Å². The molecular formula is C14H17F3N6. The van der Waals surface area contributed by atoms with Crippen LogP contribution in [0.1, 0.15) is 12.0 Å². The molecule has 0 unspecified atom stereocenters. The predicted octanol–water partition coefficient (Wildman–Crippen LogP) is 1.88. The molecule has 0 radical (unpaired) electrons. The zero-order valence-corrected chi connectivity index (χ0v) is 12.5. The summed E-state index contributed by atoms with van der Waals surface area (Å²) in [6.45, 7) is 0.234. The van der Waals surface area contributed by atoms with Gasteiger partial charge in [0.05, 0.1) is 12.1 Å². The highest BCUT2D eigenvalue weighted by atomic mass is 19.4. The number of benzene rings is 1. The van der Waals surface area contributed by atoms with Crippen LogP contribution in [0.4, 0.5) is 13.2 Å². The lowest BCUT2D eigenvalue weighted by molar-refractivity contribution is -0.132. The minimum Gasteiger partial charge on any atom is -0.356 e. The van der Waals surface area contributed by atoms with Crippen molar-refractivity contribution in [3.8, 4) is 5.69 Å². The monoisotopic (exact) mass is 326 g/mol. The normalized spacial score (nSPS) is 12.3. The number of rotatable bonds is 5. The van der Waals surface area contributed by atoms with E-state index >= 15 is 0 Å². The molecule has 2 aromatic rings. The average Bonchev–Trinajstić information content (AvgIpc) is 3.04. The van der Waals surface area contributed by atoms with Gasteiger partial charge in [0.15, 0.2) is 5.96 Å². The number of nitrogens with one attached hydrogen (secondary N) is 2. The molecule has 0 aliphatic heterocycles. The molecule has 0 saturated heterocycles. The largest absolute Gasteiger partial charge is 0.390 e. The molecule has 0 bridgehead atoms. The lowest BCUT2D eigenvalue weighted by atomic mass is 10.2. The first-order valence-corrected chi connectivity index (χ1v) is 6.93. The molecule has 124 valence electrons. The number of hydrogen-bond donors (Lipinski definition) is 2. The van der Waals surface area contributed by atoms with Crippen LogP contribution < -0.4 is 10.6 Å². The topological polar surface area (TPSA) is 67.1 Å². The van der Waals surface area contributed by atoms with Crippen molar-refractivity contribution in [2.45, 2.75) is 19.1 Å². The van der Waals surface area contributed by atoms with Crippen molar-refractivity contribution in [1.82, 2.24) is 25.4 Å². The van der Waals surface area contributed by atoms with Gasteiger partial charge >= 0.3 is 6.18 Å². The van der Waals surface area contributed by atoms with Gasteiger partial charge < -0.3 is 10.6 Å². The Balaban J connectivity index is 1.82. The Morgan fingerprint density at radius 2 is 1.96 bits per heavy atom. The third kappa shape index (κ3) is 5.61. The Hall–Kier alpha value is -2.58. The van der Waals surface area contributed by atoms with Crippen molar-refractivity contribution in [3.05, 3.63) is 42.5 Å². The van der Waals surface area contributed by atoms with E-state index in [1.54, 1.807) is 11.0 Å². The first kappa shape index (κ1) is 16.8. The Kier molecular flexibility index (Phi) is 5.56. The highest BCUT2D eigenvalue weighted by Crippen LogP contribution is 2.18. The first-order chi connectivity index (χ1) is 11.0. The molecule has 9 heteroatoms. The number of aromatic nitrogens is 3. The van der Waals surface area contributed by atoms with Gasteiger partial charge in [0.2, 0.25) is 0 Å². The van der Waals surface area contributed by atoms with Gasteiger partial charge in [0, 0.05) is 20.1 Å². The summed E-state index contributed by atoms with van der Waals surface area (Å²) in [4.78, 5) is 7.76. The molecule has 1 aromatic carbocycles. The fourth-order valence-corrected chi connectivity index (χ4v) is 1.84. The Morgan fingerprint density at radius 1 is 1.22 bits per heavy atom. The molecule has 0 atom stereocenters. The van der Waals surface area contributed by atoms with Crippen molar-refractivity contribution in [3.63, 3.8) is 0 Å². The zero-order chi connectivity index (χ0) is 16.7. The van der Waals surface area contributed by atoms with Crippen LogP contribution in [0.2, 0.25) is 0 Å². The third-order valence-electron chi connectivity index (χ3n) is 3.00. The van der Waals surface area contributed by atoms with Crippen LogP contribution in [-0.2, 0) is 6.54 Å². The standard InChI is InChI=1S/C14H17F3N6/c1-18-13(20-7-6-14(15,16)17)21-8-11-2-4-12(5-3-11)23-10-19-9-22-23/h2-5,9-10H,6-8H2,1H3,(H2,18,20,21). The second-order valence-electron chi connectivity index (χ2n) is 4.72. The molecule has 0 saturated carbocycles. The molecule has 23 heavy (non-hydrogen) atoms. The molecule has 2 N–H and O–H groups in total. The second-order valence-corrected chi connectivity index (χ2v) is 4.72. The van der Waals surface area contributed by atoms with E-state index in [4.69, 9.17) is 0 Å². The molecule has 0 aliphatic rings. The summed E-state index contributed by atoms with van der Waals surface area (Å²) in [5.41, 5.74) is 1.84. The minimum atomic E-state index is -4.18. The van der Waals surface area contributed by atoms with Gasteiger partial charge in [-0.05, 0) is 17.7 Å². The van der Waals surface area contributed by atoms with Crippen LogP contribution in [0.3, 0.4) is 0 Å². The van der Waals surface area contributed by atoms with Crippen molar-refractivity contribution in [1.29, 1.82) is 0 Å². The van der Waals surface area contributed by atoms with E-state index in [0.29, 0.717) is 12.5 Å². The quantitative estimate of drug-likeness (QED) is 0.650. The summed E-state index contributed by atoms with van der Waals surface area (Å²) in [5, 5.41) is 9.62. The zero-order valence-electron chi connectivity index (χ0n) is 12.5. The van der Waals surface area contributed by atoms with Gasteiger partial charge in [0.25, 0.3) is 0 Å². The number of alkyl halides is 3. The molecule has 1 heterocycles. The summed E-state index contributed by atoms with van der Waals surface area (Å²) < 4.78 is 37.9. The number of nitrogens with zero attached hydrogens (tertiary/aromatic N) is 4. The third-order valence-corrected chi connectivity index (χ3v) is 3.00. The SMILES string of the molecule is CN=C(NCCC(F)(F)F)NCc1ccc(-n2cncn2)cc1. The molecule has 0 spiro atoms. The summed E-state index contributed by atoms with van der Waals surface area (Å²) in [6.07, 6.45) is -2.03. The van der Waals surface area contributed by atoms with E-state index in [1.165, 1.54) is 13.4 Å². The average molecular weight is 326 g/mol. The lowest BCUT2D eigenvalue weighted by Crippen LogP contribution is -2.38. The van der Waals surface area contributed by atoms with Crippen molar-refractivity contribution in [2.24, 2.45) is 4.99 Å². The Morgan fingerprint density at radius 3 is 2.52 bits per heavy atom. The van der Waals surface area contributed by atoms with Crippen molar-refractivity contribution < 1.29 is 13.2 Å². The van der Waals surface area contributed by atoms with Crippen LogP contribution >= 0.6 is 0 Å². The van der Waals surface area contributed by atoms with Gasteiger partial charge in [-0.2, -0.15) is 18.3 Å². The smallest absolute Gasteiger partial charge is 0.356 e. The molecule has 0 fully saturated rings. The first-order valence-electron chi connectivity index (χ1n) is 6.93. The van der Waals surface area contributed by atoms with Crippen molar-refractivity contribution >= 4 is 5.96 Å². The Labute approximate surface area is 131 Å². The number of halogens is 3. The minimum absolute atomic E-state index is 0.214. The molecule has 0 aliphatic carbocycles. The van der Waals surface area contributed by atoms with Gasteiger partial charge in [-0.25, -0.2) is 9.67 Å². The maximum absolute atomic E-state index is 12.1. The van der Waals surface area contributed by atoms with E-state index in [9.17, 15) is 13.2 Å². The van der Waals surface area contributed by atoms with Crippen LogP contribution in [0, 0.1) is 0 Å². The fourth-order valence-electron chi connectivity index (χ4n) is 1.84. The highest BCUT2D eigenvalue weighted by molar-refractivity contribution is 5.79. The number of aliphatic imine (C=N–C) groups is 1. The molecular weight excluding hydrogens is 309 g/mol. The molecule has 6 nitrogen and oxygen atoms in total. The van der Waals surface area contributed by atoms with E-state index in [2.05, 4.69) is 25.7 Å². The second kappa shape index (κ2) is 7.61. The van der Waals surface area contributed by atoms with E-state index in [0.717, 1.165) is 11.3 Å².